The SMILES string of the molecule is CC/C(Br)=N\C=N/C#N. The monoisotopic (exact) mass is 187 g/mol. The second-order valence-electron chi connectivity index (χ2n) is 1.20. The molecule has 0 amide bonds. The lowest BCUT2D eigenvalue weighted by molar-refractivity contribution is 1.32. The molecule has 3 nitrogen and oxygen atoms in total. The number of halogens is 1. The third kappa shape index (κ3) is 5.18. The van der Waals surface area contributed by atoms with E-state index in [4.69, 9.17) is 5.26 Å². The van der Waals surface area contributed by atoms with Gasteiger partial charge < -0.3 is 0 Å². The van der Waals surface area contributed by atoms with Crippen LogP contribution in [0.1, 0.15) is 13.3 Å². The van der Waals surface area contributed by atoms with Gasteiger partial charge >= 0.3 is 0 Å². The van der Waals surface area contributed by atoms with Crippen LogP contribution in [-0.2, 0) is 0 Å². The minimum absolute atomic E-state index is 0.793. The molecule has 0 heterocycles. The van der Waals surface area contributed by atoms with E-state index in [2.05, 4.69) is 25.9 Å². The second-order valence-corrected chi connectivity index (χ2v) is 2.12. The molecule has 0 bridgehead atoms. The van der Waals surface area contributed by atoms with Gasteiger partial charge in [-0.15, -0.1) is 0 Å². The number of hydrogen-bond donors (Lipinski definition) is 0. The molecule has 0 saturated carbocycles. The van der Waals surface area contributed by atoms with E-state index in [1.807, 2.05) is 6.92 Å². The van der Waals surface area contributed by atoms with Gasteiger partial charge in [-0.05, 0) is 22.4 Å². The molecule has 0 atom stereocenters. The Labute approximate surface area is 62.2 Å². The third-order valence-corrected chi connectivity index (χ3v) is 1.37. The Bertz CT molecular complexity index is 166. The maximum atomic E-state index is 7.92. The summed E-state index contributed by atoms with van der Waals surface area (Å²) in [7, 11) is 0. The van der Waals surface area contributed by atoms with Crippen molar-refractivity contribution in [3.05, 3.63) is 0 Å². The van der Waals surface area contributed by atoms with Gasteiger partial charge in [0.15, 0.2) is 0 Å². The number of rotatable bonds is 2. The van der Waals surface area contributed by atoms with Crippen LogP contribution in [0, 0.1) is 11.5 Å². The third-order valence-electron chi connectivity index (χ3n) is 0.605. The molecule has 0 saturated heterocycles. The smallest absolute Gasteiger partial charge is 0.207 e. The number of aliphatic imine (C=N–C) groups is 2. The van der Waals surface area contributed by atoms with E-state index in [1.165, 1.54) is 6.34 Å². The molecule has 0 aliphatic carbocycles. The molecular formula is C5H6BrN3. The van der Waals surface area contributed by atoms with Crippen LogP contribution in [0.15, 0.2) is 9.98 Å². The standard InChI is InChI=1S/C5H6BrN3/c1-2-5(6)9-4-8-3-7/h4H,2H2,1H3/b8-4-,9-5+. The van der Waals surface area contributed by atoms with Crippen LogP contribution in [0.25, 0.3) is 0 Å². The molecule has 9 heavy (non-hydrogen) atoms. The Morgan fingerprint density at radius 3 is 3.00 bits per heavy atom. The van der Waals surface area contributed by atoms with Crippen LogP contribution in [0.3, 0.4) is 0 Å². The average Bonchev–Trinajstić information content (AvgIpc) is 1.89. The molecule has 0 aliphatic heterocycles. The van der Waals surface area contributed by atoms with Crippen molar-refractivity contribution in [2.45, 2.75) is 13.3 Å². The summed E-state index contributed by atoms with van der Waals surface area (Å²) >= 11 is 3.16. The van der Waals surface area contributed by atoms with Gasteiger partial charge in [-0.3, -0.25) is 0 Å². The summed E-state index contributed by atoms with van der Waals surface area (Å²) in [5.41, 5.74) is 0. The zero-order valence-electron chi connectivity index (χ0n) is 5.00. The highest BCUT2D eigenvalue weighted by molar-refractivity contribution is 9.18. The largest absolute Gasteiger partial charge is 0.233 e. The molecular weight excluding hydrogens is 182 g/mol. The Morgan fingerprint density at radius 1 is 1.89 bits per heavy atom. The van der Waals surface area contributed by atoms with Crippen molar-refractivity contribution in [3.8, 4) is 6.19 Å². The summed E-state index contributed by atoms with van der Waals surface area (Å²) < 4.78 is 0.793. The lowest BCUT2D eigenvalue weighted by Gasteiger charge is -1.82. The number of nitriles is 1. The second kappa shape index (κ2) is 5.45. The first-order chi connectivity index (χ1) is 4.31. The summed E-state index contributed by atoms with van der Waals surface area (Å²) in [5.74, 6) is 0. The molecule has 0 N–H and O–H groups in total. The first-order valence-corrected chi connectivity index (χ1v) is 3.23. The van der Waals surface area contributed by atoms with Crippen LogP contribution in [0.4, 0.5) is 0 Å². The van der Waals surface area contributed by atoms with Crippen molar-refractivity contribution in [3.63, 3.8) is 0 Å². The van der Waals surface area contributed by atoms with E-state index in [0.717, 1.165) is 11.0 Å². The van der Waals surface area contributed by atoms with Crippen LogP contribution in [0.2, 0.25) is 0 Å². The maximum Gasteiger partial charge on any atom is 0.207 e. The van der Waals surface area contributed by atoms with Gasteiger partial charge in [0.25, 0.3) is 0 Å². The fourth-order valence-corrected chi connectivity index (χ4v) is 0.300. The van der Waals surface area contributed by atoms with Crippen molar-refractivity contribution >= 4 is 26.9 Å². The van der Waals surface area contributed by atoms with Crippen LogP contribution in [0.5, 0.6) is 0 Å². The van der Waals surface area contributed by atoms with Crippen molar-refractivity contribution in [1.82, 2.24) is 0 Å². The average molecular weight is 188 g/mol. The Morgan fingerprint density at radius 2 is 2.56 bits per heavy atom. The summed E-state index contributed by atoms with van der Waals surface area (Å²) in [5, 5.41) is 7.92. The number of nitrogens with zero attached hydrogens (tertiary/aromatic N) is 3. The molecule has 0 aromatic carbocycles. The summed E-state index contributed by atoms with van der Waals surface area (Å²) in [6.45, 7) is 1.95. The highest BCUT2D eigenvalue weighted by atomic mass is 79.9. The summed E-state index contributed by atoms with van der Waals surface area (Å²) in [4.78, 5) is 6.97. The highest BCUT2D eigenvalue weighted by Gasteiger charge is 1.81. The normalized spacial score (nSPS) is 11.9. The molecule has 0 spiro atoms. The topological polar surface area (TPSA) is 48.5 Å². The van der Waals surface area contributed by atoms with Gasteiger partial charge in [0.1, 0.15) is 6.34 Å². The van der Waals surface area contributed by atoms with Crippen molar-refractivity contribution in [1.29, 1.82) is 5.26 Å². The van der Waals surface area contributed by atoms with Gasteiger partial charge in [0.05, 0.1) is 4.62 Å². The van der Waals surface area contributed by atoms with Crippen molar-refractivity contribution in [2.75, 3.05) is 0 Å². The minimum Gasteiger partial charge on any atom is -0.233 e. The van der Waals surface area contributed by atoms with E-state index in [9.17, 15) is 0 Å². The predicted molar refractivity (Wildman–Crippen MR) is 40.8 cm³/mol. The minimum atomic E-state index is 0.793. The zero-order chi connectivity index (χ0) is 7.11. The Hall–Kier alpha value is -0.690. The van der Waals surface area contributed by atoms with Crippen LogP contribution < -0.4 is 0 Å². The van der Waals surface area contributed by atoms with Gasteiger partial charge in [-0.2, -0.15) is 10.3 Å². The molecule has 0 aliphatic rings. The van der Waals surface area contributed by atoms with Gasteiger partial charge in [0.2, 0.25) is 6.19 Å². The molecule has 0 rings (SSSR count). The van der Waals surface area contributed by atoms with Gasteiger partial charge in [0, 0.05) is 0 Å². The quantitative estimate of drug-likeness (QED) is 0.369. The zero-order valence-corrected chi connectivity index (χ0v) is 6.59. The van der Waals surface area contributed by atoms with E-state index in [-0.39, 0.29) is 0 Å². The number of hydrogen-bond acceptors (Lipinski definition) is 2. The van der Waals surface area contributed by atoms with E-state index < -0.39 is 0 Å². The molecule has 0 aromatic heterocycles. The molecule has 0 unspecified atom stereocenters. The lowest BCUT2D eigenvalue weighted by atomic mass is 10.5. The fraction of sp³-hybridized carbons (Fsp3) is 0.400. The molecule has 4 heteroatoms. The van der Waals surface area contributed by atoms with Gasteiger partial charge in [-0.1, -0.05) is 6.92 Å². The lowest BCUT2D eigenvalue weighted by Crippen LogP contribution is -1.80. The van der Waals surface area contributed by atoms with Crippen LogP contribution >= 0.6 is 15.9 Å². The van der Waals surface area contributed by atoms with Crippen molar-refractivity contribution < 1.29 is 0 Å². The summed E-state index contributed by atoms with van der Waals surface area (Å²) in [6, 6.07) is 0. The van der Waals surface area contributed by atoms with Gasteiger partial charge in [-0.25, -0.2) is 4.99 Å². The van der Waals surface area contributed by atoms with Crippen molar-refractivity contribution in [2.24, 2.45) is 9.98 Å². The maximum absolute atomic E-state index is 7.92. The Balaban J connectivity index is 3.72. The van der Waals surface area contributed by atoms with E-state index in [1.54, 1.807) is 6.19 Å². The first-order valence-electron chi connectivity index (χ1n) is 2.44. The molecule has 0 radical (unpaired) electrons. The molecule has 0 fully saturated rings. The fourth-order valence-electron chi connectivity index (χ4n) is 0.209. The molecule has 48 valence electrons. The summed E-state index contributed by atoms with van der Waals surface area (Å²) in [6.07, 6.45) is 3.62. The van der Waals surface area contributed by atoms with E-state index in [0.29, 0.717) is 0 Å². The first kappa shape index (κ1) is 8.31. The van der Waals surface area contributed by atoms with E-state index >= 15 is 0 Å². The molecule has 0 aromatic rings. The van der Waals surface area contributed by atoms with Crippen LogP contribution in [-0.4, -0.2) is 11.0 Å². The highest BCUT2D eigenvalue weighted by Crippen LogP contribution is 1.92. The Kier molecular flexibility index (Phi) is 5.03. The predicted octanol–water partition coefficient (Wildman–Crippen LogP) is 1.70.